The molecule has 24 heavy (non-hydrogen) atoms. The Morgan fingerprint density at radius 1 is 1.12 bits per heavy atom. The van der Waals surface area contributed by atoms with Crippen LogP contribution in [0.2, 0.25) is 0 Å². The van der Waals surface area contributed by atoms with Crippen LogP contribution in [0.3, 0.4) is 0 Å². The second kappa shape index (κ2) is 5.18. The smallest absolute Gasteiger partial charge is 0.336 e. The molecule has 0 radical (unpaired) electrons. The number of benzene rings is 1. The number of aromatic nitrogens is 1. The van der Waals surface area contributed by atoms with Gasteiger partial charge < -0.3 is 10.2 Å². The van der Waals surface area contributed by atoms with Gasteiger partial charge in [-0.2, -0.15) is 0 Å². The van der Waals surface area contributed by atoms with Crippen molar-refractivity contribution in [3.63, 3.8) is 0 Å². The first-order chi connectivity index (χ1) is 11.4. The molecule has 0 aliphatic rings. The molecule has 0 fully saturated rings. The van der Waals surface area contributed by atoms with Crippen LogP contribution in [0.5, 0.6) is 0 Å². The van der Waals surface area contributed by atoms with Gasteiger partial charge in [0.15, 0.2) is 0 Å². The van der Waals surface area contributed by atoms with Crippen molar-refractivity contribution in [2.45, 2.75) is 20.8 Å². The van der Waals surface area contributed by atoms with Crippen molar-refractivity contribution in [1.29, 1.82) is 0 Å². The summed E-state index contributed by atoms with van der Waals surface area (Å²) in [6.45, 7) is 6.01. The zero-order valence-electron chi connectivity index (χ0n) is 13.6. The SMILES string of the molecule is Cc1ccc2oc(=O)cc(-c3sc4nc(C)cc(C)c4c3N)c2c1. The van der Waals surface area contributed by atoms with Gasteiger partial charge in [-0.25, -0.2) is 9.78 Å². The lowest BCUT2D eigenvalue weighted by Gasteiger charge is -2.06. The molecule has 4 aromatic rings. The Morgan fingerprint density at radius 2 is 1.92 bits per heavy atom. The van der Waals surface area contributed by atoms with Gasteiger partial charge in [0, 0.05) is 28.1 Å². The summed E-state index contributed by atoms with van der Waals surface area (Å²) >= 11 is 1.52. The van der Waals surface area contributed by atoms with Crippen molar-refractivity contribution in [3.8, 4) is 10.4 Å². The predicted octanol–water partition coefficient (Wildman–Crippen LogP) is 4.58. The maximum Gasteiger partial charge on any atom is 0.336 e. The minimum Gasteiger partial charge on any atom is -0.423 e. The minimum absolute atomic E-state index is 0.376. The molecular formula is C19H16N2O2S. The number of aryl methyl sites for hydroxylation is 3. The summed E-state index contributed by atoms with van der Waals surface area (Å²) in [5, 5.41) is 1.86. The third-order valence-electron chi connectivity index (χ3n) is 4.17. The van der Waals surface area contributed by atoms with Crippen LogP contribution < -0.4 is 11.4 Å². The summed E-state index contributed by atoms with van der Waals surface area (Å²) in [7, 11) is 0. The largest absolute Gasteiger partial charge is 0.423 e. The second-order valence-electron chi connectivity index (χ2n) is 6.08. The third-order valence-corrected chi connectivity index (χ3v) is 5.30. The molecule has 0 saturated carbocycles. The minimum atomic E-state index is -0.376. The molecule has 0 aliphatic carbocycles. The molecule has 2 N–H and O–H groups in total. The number of fused-ring (bicyclic) bond motifs is 2. The summed E-state index contributed by atoms with van der Waals surface area (Å²) < 4.78 is 5.33. The van der Waals surface area contributed by atoms with Crippen LogP contribution >= 0.6 is 11.3 Å². The number of nitrogens with zero attached hydrogens (tertiary/aromatic N) is 1. The van der Waals surface area contributed by atoms with Crippen molar-refractivity contribution in [2.24, 2.45) is 0 Å². The highest BCUT2D eigenvalue weighted by molar-refractivity contribution is 7.22. The summed E-state index contributed by atoms with van der Waals surface area (Å²) in [6, 6.07) is 9.32. The molecule has 3 aromatic heterocycles. The summed E-state index contributed by atoms with van der Waals surface area (Å²) in [5.74, 6) is 0. The van der Waals surface area contributed by atoms with Crippen LogP contribution in [0.15, 0.2) is 39.5 Å². The maximum atomic E-state index is 12.0. The van der Waals surface area contributed by atoms with E-state index in [1.807, 2.05) is 45.0 Å². The van der Waals surface area contributed by atoms with Crippen LogP contribution in [0.4, 0.5) is 5.69 Å². The average Bonchev–Trinajstić information content (AvgIpc) is 2.83. The van der Waals surface area contributed by atoms with Crippen LogP contribution in [0.25, 0.3) is 31.6 Å². The van der Waals surface area contributed by atoms with E-state index in [9.17, 15) is 4.79 Å². The fraction of sp³-hybridized carbons (Fsp3) is 0.158. The normalized spacial score (nSPS) is 11.5. The van der Waals surface area contributed by atoms with Crippen LogP contribution in [-0.2, 0) is 0 Å². The van der Waals surface area contributed by atoms with Crippen molar-refractivity contribution in [3.05, 3.63) is 57.6 Å². The topological polar surface area (TPSA) is 69.1 Å². The average molecular weight is 336 g/mol. The lowest BCUT2D eigenvalue weighted by atomic mass is 10.0. The highest BCUT2D eigenvalue weighted by atomic mass is 32.1. The quantitative estimate of drug-likeness (QED) is 0.517. The molecule has 1 aromatic carbocycles. The Hall–Kier alpha value is -2.66. The molecule has 0 bridgehead atoms. The maximum absolute atomic E-state index is 12.0. The van der Waals surface area contributed by atoms with Crippen LogP contribution in [0.1, 0.15) is 16.8 Å². The van der Waals surface area contributed by atoms with E-state index >= 15 is 0 Å². The molecule has 0 atom stereocenters. The summed E-state index contributed by atoms with van der Waals surface area (Å²) in [6.07, 6.45) is 0. The van der Waals surface area contributed by atoms with Crippen molar-refractivity contribution < 1.29 is 4.42 Å². The molecule has 4 rings (SSSR count). The van der Waals surface area contributed by atoms with E-state index in [4.69, 9.17) is 10.2 Å². The highest BCUT2D eigenvalue weighted by Crippen LogP contribution is 2.43. The lowest BCUT2D eigenvalue weighted by molar-refractivity contribution is 0.561. The van der Waals surface area contributed by atoms with E-state index in [0.717, 1.165) is 42.9 Å². The number of nitrogen functional groups attached to an aromatic ring is 1. The Balaban J connectivity index is 2.14. The molecular weight excluding hydrogens is 320 g/mol. The summed E-state index contributed by atoms with van der Waals surface area (Å²) in [4.78, 5) is 18.4. The van der Waals surface area contributed by atoms with Gasteiger partial charge in [0.2, 0.25) is 0 Å². The molecule has 0 spiro atoms. The molecule has 0 unspecified atom stereocenters. The number of nitrogens with two attached hydrogens (primary N) is 1. The Kier molecular flexibility index (Phi) is 3.21. The zero-order chi connectivity index (χ0) is 17.0. The van der Waals surface area contributed by atoms with Gasteiger partial charge in [-0.15, -0.1) is 11.3 Å². The van der Waals surface area contributed by atoms with Crippen LogP contribution in [0, 0.1) is 20.8 Å². The first-order valence-corrected chi connectivity index (χ1v) is 8.47. The van der Waals surface area contributed by atoms with Gasteiger partial charge in [0.1, 0.15) is 10.4 Å². The molecule has 0 amide bonds. The Bertz CT molecular complexity index is 1170. The van der Waals surface area contributed by atoms with Gasteiger partial charge in [-0.05, 0) is 44.5 Å². The number of thiophene rings is 1. The summed E-state index contributed by atoms with van der Waals surface area (Å²) in [5.41, 5.74) is 11.3. The number of rotatable bonds is 1. The zero-order valence-corrected chi connectivity index (χ0v) is 14.5. The highest BCUT2D eigenvalue weighted by Gasteiger charge is 2.18. The van der Waals surface area contributed by atoms with Crippen molar-refractivity contribution in [2.75, 3.05) is 5.73 Å². The van der Waals surface area contributed by atoms with E-state index < -0.39 is 0 Å². The lowest BCUT2D eigenvalue weighted by Crippen LogP contribution is -1.98. The van der Waals surface area contributed by atoms with Crippen LogP contribution in [-0.4, -0.2) is 4.98 Å². The fourth-order valence-electron chi connectivity index (χ4n) is 3.13. The fourth-order valence-corrected chi connectivity index (χ4v) is 4.38. The van der Waals surface area contributed by atoms with Gasteiger partial charge >= 0.3 is 5.63 Å². The monoisotopic (exact) mass is 336 g/mol. The standard InChI is InChI=1S/C19H16N2O2S/c1-9-4-5-14-12(6-9)13(8-15(22)23-14)18-17(20)16-10(2)7-11(3)21-19(16)24-18/h4-8H,20H2,1-3H3. The molecule has 4 nitrogen and oxygen atoms in total. The first kappa shape index (κ1) is 14.9. The van der Waals surface area contributed by atoms with E-state index in [1.54, 1.807) is 0 Å². The van der Waals surface area contributed by atoms with Gasteiger partial charge in [0.05, 0.1) is 10.6 Å². The van der Waals surface area contributed by atoms with E-state index in [-0.39, 0.29) is 5.63 Å². The van der Waals surface area contributed by atoms with E-state index in [0.29, 0.717) is 11.3 Å². The molecule has 5 heteroatoms. The first-order valence-electron chi connectivity index (χ1n) is 7.65. The molecule has 120 valence electrons. The number of hydrogen-bond acceptors (Lipinski definition) is 5. The molecule has 3 heterocycles. The Morgan fingerprint density at radius 3 is 2.71 bits per heavy atom. The number of pyridine rings is 1. The van der Waals surface area contributed by atoms with Gasteiger partial charge in [0.25, 0.3) is 0 Å². The predicted molar refractivity (Wildman–Crippen MR) is 99.7 cm³/mol. The number of hydrogen-bond donors (Lipinski definition) is 1. The second-order valence-corrected chi connectivity index (χ2v) is 7.08. The number of anilines is 1. The molecule has 0 aliphatic heterocycles. The van der Waals surface area contributed by atoms with Gasteiger partial charge in [-0.3, -0.25) is 0 Å². The third kappa shape index (κ3) is 2.20. The Labute approximate surface area is 142 Å². The van der Waals surface area contributed by atoms with Crippen molar-refractivity contribution >= 4 is 38.2 Å². The van der Waals surface area contributed by atoms with Crippen molar-refractivity contribution in [1.82, 2.24) is 4.98 Å². The van der Waals surface area contributed by atoms with E-state index in [1.165, 1.54) is 17.4 Å². The van der Waals surface area contributed by atoms with Gasteiger partial charge in [-0.1, -0.05) is 11.6 Å². The molecule has 0 saturated heterocycles. The van der Waals surface area contributed by atoms with E-state index in [2.05, 4.69) is 4.98 Å².